The minimum Gasteiger partial charge on any atom is -0.454 e. The maximum Gasteiger partial charge on any atom is 0.254 e. The van der Waals surface area contributed by atoms with Crippen LogP contribution in [0.2, 0.25) is 0 Å². The second kappa shape index (κ2) is 8.11. The van der Waals surface area contributed by atoms with Crippen LogP contribution in [0.1, 0.15) is 35.2 Å². The summed E-state index contributed by atoms with van der Waals surface area (Å²) in [4.78, 5) is 29.0. The van der Waals surface area contributed by atoms with Crippen LogP contribution in [0.25, 0.3) is 0 Å². The van der Waals surface area contributed by atoms with Crippen molar-refractivity contribution in [3.63, 3.8) is 0 Å². The van der Waals surface area contributed by atoms with Crippen molar-refractivity contribution in [2.75, 3.05) is 33.0 Å². The van der Waals surface area contributed by atoms with Crippen molar-refractivity contribution in [2.45, 2.75) is 19.3 Å². The highest BCUT2D eigenvalue weighted by atomic mass is 19.1. The molecule has 4 rings (SSSR count). The molecule has 2 aromatic carbocycles. The minimum absolute atomic E-state index is 0.0106. The Labute approximate surface area is 168 Å². The first kappa shape index (κ1) is 19.2. The van der Waals surface area contributed by atoms with Crippen LogP contribution in [0.15, 0.2) is 42.5 Å². The number of halogens is 1. The lowest BCUT2D eigenvalue weighted by molar-refractivity contribution is -0.133. The molecule has 2 aromatic rings. The third-order valence-corrected chi connectivity index (χ3v) is 5.46. The van der Waals surface area contributed by atoms with Gasteiger partial charge in [0.1, 0.15) is 5.82 Å². The van der Waals surface area contributed by atoms with Crippen molar-refractivity contribution in [2.24, 2.45) is 0 Å². The predicted molar refractivity (Wildman–Crippen MR) is 104 cm³/mol. The molecule has 1 unspecified atom stereocenters. The first-order valence-electron chi connectivity index (χ1n) is 9.73. The van der Waals surface area contributed by atoms with Crippen LogP contribution in [-0.2, 0) is 4.79 Å². The largest absolute Gasteiger partial charge is 0.454 e. The van der Waals surface area contributed by atoms with Gasteiger partial charge in [-0.2, -0.15) is 0 Å². The van der Waals surface area contributed by atoms with E-state index in [0.717, 1.165) is 5.56 Å². The second-order valence-electron chi connectivity index (χ2n) is 7.40. The molecule has 2 aliphatic rings. The fraction of sp³-hybridized carbons (Fsp3) is 0.364. The summed E-state index contributed by atoms with van der Waals surface area (Å²) in [5.41, 5.74) is 1.50. The van der Waals surface area contributed by atoms with Gasteiger partial charge in [-0.05, 0) is 41.8 Å². The fourth-order valence-electron chi connectivity index (χ4n) is 3.67. The van der Waals surface area contributed by atoms with E-state index in [0.29, 0.717) is 49.7 Å². The van der Waals surface area contributed by atoms with E-state index >= 15 is 0 Å². The molecule has 1 fully saturated rings. The van der Waals surface area contributed by atoms with Gasteiger partial charge in [-0.1, -0.05) is 19.1 Å². The van der Waals surface area contributed by atoms with Crippen LogP contribution >= 0.6 is 0 Å². The lowest BCUT2D eigenvalue weighted by Gasteiger charge is -2.35. The van der Waals surface area contributed by atoms with Gasteiger partial charge in [0.25, 0.3) is 5.91 Å². The van der Waals surface area contributed by atoms with Crippen LogP contribution in [0.5, 0.6) is 11.5 Å². The van der Waals surface area contributed by atoms with Crippen LogP contribution in [0.4, 0.5) is 4.39 Å². The van der Waals surface area contributed by atoms with Gasteiger partial charge in [-0.25, -0.2) is 4.39 Å². The maximum absolute atomic E-state index is 13.1. The number of fused-ring (bicyclic) bond motifs is 1. The molecule has 0 radical (unpaired) electrons. The summed E-state index contributed by atoms with van der Waals surface area (Å²) in [5.74, 6) is 0.936. The van der Waals surface area contributed by atoms with Gasteiger partial charge in [-0.3, -0.25) is 9.59 Å². The number of amides is 2. The van der Waals surface area contributed by atoms with Gasteiger partial charge in [0.15, 0.2) is 11.5 Å². The number of nitrogens with zero attached hydrogens (tertiary/aromatic N) is 2. The number of piperazine rings is 1. The zero-order valence-electron chi connectivity index (χ0n) is 16.3. The molecular weight excluding hydrogens is 375 g/mol. The molecule has 2 heterocycles. The quantitative estimate of drug-likeness (QED) is 0.794. The van der Waals surface area contributed by atoms with E-state index < -0.39 is 0 Å². The van der Waals surface area contributed by atoms with Crippen LogP contribution in [0.3, 0.4) is 0 Å². The van der Waals surface area contributed by atoms with E-state index in [2.05, 4.69) is 0 Å². The van der Waals surface area contributed by atoms with E-state index in [1.807, 2.05) is 6.92 Å². The molecule has 2 aliphatic heterocycles. The van der Waals surface area contributed by atoms with Gasteiger partial charge in [0.2, 0.25) is 12.7 Å². The van der Waals surface area contributed by atoms with Crippen molar-refractivity contribution < 1.29 is 23.5 Å². The summed E-state index contributed by atoms with van der Waals surface area (Å²) < 4.78 is 23.7. The van der Waals surface area contributed by atoms with Crippen LogP contribution in [0, 0.1) is 5.82 Å². The Morgan fingerprint density at radius 3 is 2.34 bits per heavy atom. The van der Waals surface area contributed by atoms with Gasteiger partial charge in [0.05, 0.1) is 0 Å². The van der Waals surface area contributed by atoms with Crippen molar-refractivity contribution in [1.29, 1.82) is 0 Å². The van der Waals surface area contributed by atoms with Gasteiger partial charge in [0, 0.05) is 38.2 Å². The average molecular weight is 398 g/mol. The highest BCUT2D eigenvalue weighted by Crippen LogP contribution is 2.33. The standard InChI is InChI=1S/C22H23FN2O4/c1-15(16-2-5-18(23)6-3-16)12-21(26)24-8-10-25(11-9-24)22(27)17-4-7-19-20(13-17)29-14-28-19/h2-7,13,15H,8-12,14H2,1H3. The third-order valence-electron chi connectivity index (χ3n) is 5.46. The van der Waals surface area contributed by atoms with E-state index in [4.69, 9.17) is 9.47 Å². The molecule has 0 spiro atoms. The highest BCUT2D eigenvalue weighted by Gasteiger charge is 2.27. The second-order valence-corrected chi connectivity index (χ2v) is 7.40. The lowest BCUT2D eigenvalue weighted by Crippen LogP contribution is -2.50. The minimum atomic E-state index is -0.282. The fourth-order valence-corrected chi connectivity index (χ4v) is 3.67. The molecule has 0 aromatic heterocycles. The van der Waals surface area contributed by atoms with E-state index in [9.17, 15) is 14.0 Å². The molecule has 0 aliphatic carbocycles. The third kappa shape index (κ3) is 4.18. The maximum atomic E-state index is 13.1. The SMILES string of the molecule is CC(CC(=O)N1CCN(C(=O)c2ccc3c(c2)OCO3)CC1)c1ccc(F)cc1. The lowest BCUT2D eigenvalue weighted by atomic mass is 9.97. The molecule has 6 nitrogen and oxygen atoms in total. The summed E-state index contributed by atoms with van der Waals surface area (Å²) in [6.45, 7) is 4.12. The Bertz CT molecular complexity index is 908. The summed E-state index contributed by atoms with van der Waals surface area (Å²) in [5, 5.41) is 0. The molecule has 0 N–H and O–H groups in total. The molecule has 152 valence electrons. The molecule has 1 saturated heterocycles. The normalized spacial score (nSPS) is 16.6. The Balaban J connectivity index is 1.31. The number of benzene rings is 2. The molecule has 1 atom stereocenters. The number of carbonyl (C=O) groups is 2. The molecule has 0 bridgehead atoms. The highest BCUT2D eigenvalue weighted by molar-refractivity contribution is 5.95. The number of rotatable bonds is 4. The smallest absolute Gasteiger partial charge is 0.254 e. The van der Waals surface area contributed by atoms with Crippen LogP contribution < -0.4 is 9.47 Å². The number of hydrogen-bond donors (Lipinski definition) is 0. The van der Waals surface area contributed by atoms with E-state index in [1.54, 1.807) is 40.1 Å². The predicted octanol–water partition coefficient (Wildman–Crippen LogP) is 3.03. The van der Waals surface area contributed by atoms with Gasteiger partial charge in [-0.15, -0.1) is 0 Å². The van der Waals surface area contributed by atoms with Gasteiger partial charge < -0.3 is 19.3 Å². The van der Waals surface area contributed by atoms with Crippen molar-refractivity contribution in [3.05, 3.63) is 59.4 Å². The summed E-state index contributed by atoms with van der Waals surface area (Å²) in [6, 6.07) is 11.4. The molecular formula is C22H23FN2O4. The number of ether oxygens (including phenoxy) is 2. The molecule has 29 heavy (non-hydrogen) atoms. The Morgan fingerprint density at radius 2 is 1.62 bits per heavy atom. The first-order valence-corrected chi connectivity index (χ1v) is 9.73. The Kier molecular flexibility index (Phi) is 5.38. The average Bonchev–Trinajstić information content (AvgIpc) is 3.21. The first-order chi connectivity index (χ1) is 14.0. The summed E-state index contributed by atoms with van der Waals surface area (Å²) >= 11 is 0. The molecule has 7 heteroatoms. The van der Waals surface area contributed by atoms with Gasteiger partial charge >= 0.3 is 0 Å². The molecule has 2 amide bonds. The number of hydrogen-bond acceptors (Lipinski definition) is 4. The Hall–Kier alpha value is -3.09. The molecule has 0 saturated carbocycles. The van der Waals surface area contributed by atoms with Crippen LogP contribution in [-0.4, -0.2) is 54.6 Å². The summed E-state index contributed by atoms with van der Waals surface area (Å²) in [6.07, 6.45) is 0.363. The number of carbonyl (C=O) groups excluding carboxylic acids is 2. The summed E-state index contributed by atoms with van der Waals surface area (Å²) in [7, 11) is 0. The zero-order chi connectivity index (χ0) is 20.4. The zero-order valence-corrected chi connectivity index (χ0v) is 16.3. The van der Waals surface area contributed by atoms with Crippen molar-refractivity contribution >= 4 is 11.8 Å². The van der Waals surface area contributed by atoms with E-state index in [1.165, 1.54) is 12.1 Å². The Morgan fingerprint density at radius 1 is 0.966 bits per heavy atom. The van der Waals surface area contributed by atoms with Crippen molar-refractivity contribution in [3.8, 4) is 11.5 Å². The van der Waals surface area contributed by atoms with E-state index in [-0.39, 0.29) is 30.3 Å². The monoisotopic (exact) mass is 398 g/mol. The van der Waals surface area contributed by atoms with Crippen molar-refractivity contribution in [1.82, 2.24) is 9.80 Å². The topological polar surface area (TPSA) is 59.1 Å².